The SMILES string of the molecule is O=S(=O)(Cl)c1cc(Cl)ccc1OC1CCOC2(CCC2)C1. The molecule has 1 unspecified atom stereocenters. The van der Waals surface area contributed by atoms with Gasteiger partial charge in [0.05, 0.1) is 12.2 Å². The maximum Gasteiger partial charge on any atom is 0.265 e. The van der Waals surface area contributed by atoms with E-state index in [-0.39, 0.29) is 22.4 Å². The first kappa shape index (κ1) is 15.4. The van der Waals surface area contributed by atoms with Crippen LogP contribution in [0.1, 0.15) is 32.1 Å². The lowest BCUT2D eigenvalue weighted by molar-refractivity contribution is -0.153. The van der Waals surface area contributed by atoms with Gasteiger partial charge in [-0.15, -0.1) is 0 Å². The van der Waals surface area contributed by atoms with Crippen LogP contribution in [0.25, 0.3) is 0 Å². The standard InChI is InChI=1S/C14H16Cl2O4S/c15-10-2-3-12(13(8-10)21(16,17)18)20-11-4-7-19-14(9-11)5-1-6-14/h2-3,8,11H,1,4-7,9H2. The van der Waals surface area contributed by atoms with Crippen LogP contribution in [0, 0.1) is 0 Å². The first-order valence-electron chi connectivity index (χ1n) is 6.93. The van der Waals surface area contributed by atoms with Gasteiger partial charge < -0.3 is 9.47 Å². The van der Waals surface area contributed by atoms with E-state index in [1.165, 1.54) is 12.5 Å². The highest BCUT2D eigenvalue weighted by molar-refractivity contribution is 8.13. The Labute approximate surface area is 133 Å². The minimum Gasteiger partial charge on any atom is -0.489 e. The van der Waals surface area contributed by atoms with E-state index in [9.17, 15) is 8.42 Å². The second-order valence-corrected chi connectivity index (χ2v) is 8.62. The van der Waals surface area contributed by atoms with Gasteiger partial charge in [-0.1, -0.05) is 11.6 Å². The quantitative estimate of drug-likeness (QED) is 0.779. The van der Waals surface area contributed by atoms with Crippen molar-refractivity contribution in [3.8, 4) is 5.75 Å². The Morgan fingerprint density at radius 3 is 2.71 bits per heavy atom. The van der Waals surface area contributed by atoms with Crippen LogP contribution < -0.4 is 4.74 Å². The molecular formula is C14H16Cl2O4S. The smallest absolute Gasteiger partial charge is 0.265 e. The van der Waals surface area contributed by atoms with Crippen molar-refractivity contribution >= 4 is 31.3 Å². The summed E-state index contributed by atoms with van der Waals surface area (Å²) < 4.78 is 35.0. The fourth-order valence-electron chi connectivity index (χ4n) is 2.95. The molecule has 21 heavy (non-hydrogen) atoms. The molecule has 1 aliphatic heterocycles. The van der Waals surface area contributed by atoms with E-state index >= 15 is 0 Å². The van der Waals surface area contributed by atoms with E-state index in [0.29, 0.717) is 11.6 Å². The van der Waals surface area contributed by atoms with Crippen molar-refractivity contribution in [2.24, 2.45) is 0 Å². The van der Waals surface area contributed by atoms with Crippen LogP contribution in [0.4, 0.5) is 0 Å². The molecule has 1 saturated carbocycles. The Morgan fingerprint density at radius 2 is 2.10 bits per heavy atom. The molecule has 1 heterocycles. The van der Waals surface area contributed by atoms with Crippen molar-refractivity contribution in [3.63, 3.8) is 0 Å². The molecule has 2 fully saturated rings. The number of benzene rings is 1. The third-order valence-corrected chi connectivity index (χ3v) is 5.75. The van der Waals surface area contributed by atoms with Gasteiger partial charge in [0.2, 0.25) is 0 Å². The van der Waals surface area contributed by atoms with Crippen LogP contribution in [-0.4, -0.2) is 26.7 Å². The summed E-state index contributed by atoms with van der Waals surface area (Å²) in [6, 6.07) is 4.47. The Hall–Kier alpha value is -0.490. The predicted molar refractivity (Wildman–Crippen MR) is 80.7 cm³/mol. The van der Waals surface area contributed by atoms with Crippen LogP contribution in [-0.2, 0) is 13.8 Å². The number of hydrogen-bond donors (Lipinski definition) is 0. The molecule has 1 spiro atoms. The summed E-state index contributed by atoms with van der Waals surface area (Å²) in [5, 5.41) is 0.309. The van der Waals surface area contributed by atoms with Crippen molar-refractivity contribution in [2.75, 3.05) is 6.61 Å². The molecule has 1 aromatic rings. The summed E-state index contributed by atoms with van der Waals surface area (Å²) in [4.78, 5) is -0.0779. The molecule has 1 aliphatic carbocycles. The minimum absolute atomic E-state index is 0.0580. The van der Waals surface area contributed by atoms with Crippen LogP contribution in [0.5, 0.6) is 5.75 Å². The summed E-state index contributed by atoms with van der Waals surface area (Å²) in [7, 11) is 1.56. The van der Waals surface area contributed by atoms with Crippen LogP contribution >= 0.6 is 22.3 Å². The highest BCUT2D eigenvalue weighted by Gasteiger charge is 2.43. The average molecular weight is 351 g/mol. The summed E-state index contributed by atoms with van der Waals surface area (Å²) in [5.41, 5.74) is -0.0602. The summed E-state index contributed by atoms with van der Waals surface area (Å²) in [6.07, 6.45) is 4.75. The maximum absolute atomic E-state index is 11.6. The van der Waals surface area contributed by atoms with E-state index in [1.54, 1.807) is 12.1 Å². The molecule has 0 amide bonds. The molecule has 0 aromatic heterocycles. The largest absolute Gasteiger partial charge is 0.489 e. The van der Waals surface area contributed by atoms with E-state index in [0.717, 1.165) is 25.7 Å². The van der Waals surface area contributed by atoms with Crippen LogP contribution in [0.15, 0.2) is 23.1 Å². The molecule has 7 heteroatoms. The summed E-state index contributed by atoms with van der Waals surface area (Å²) in [6.45, 7) is 0.640. The van der Waals surface area contributed by atoms with Gasteiger partial charge in [0.15, 0.2) is 0 Å². The zero-order chi connectivity index (χ0) is 15.1. The van der Waals surface area contributed by atoms with Crippen molar-refractivity contribution in [2.45, 2.75) is 48.7 Å². The topological polar surface area (TPSA) is 52.6 Å². The Bertz CT molecular complexity index is 640. The predicted octanol–water partition coefficient (Wildman–Crippen LogP) is 3.75. The Kier molecular flexibility index (Phi) is 4.12. The fourth-order valence-corrected chi connectivity index (χ4v) is 4.18. The van der Waals surface area contributed by atoms with Crippen molar-refractivity contribution in [3.05, 3.63) is 23.2 Å². The highest BCUT2D eigenvalue weighted by Crippen LogP contribution is 2.43. The summed E-state index contributed by atoms with van der Waals surface area (Å²) >= 11 is 5.84. The second kappa shape index (κ2) is 5.61. The zero-order valence-corrected chi connectivity index (χ0v) is 13.7. The van der Waals surface area contributed by atoms with Crippen LogP contribution in [0.2, 0.25) is 5.02 Å². The molecule has 3 rings (SSSR count). The fraction of sp³-hybridized carbons (Fsp3) is 0.571. The average Bonchev–Trinajstić information content (AvgIpc) is 2.38. The van der Waals surface area contributed by atoms with Gasteiger partial charge in [-0.3, -0.25) is 0 Å². The molecule has 0 radical (unpaired) electrons. The van der Waals surface area contributed by atoms with E-state index < -0.39 is 9.05 Å². The molecule has 4 nitrogen and oxygen atoms in total. The van der Waals surface area contributed by atoms with Crippen LogP contribution in [0.3, 0.4) is 0 Å². The number of hydrogen-bond acceptors (Lipinski definition) is 4. The van der Waals surface area contributed by atoms with Crippen molar-refractivity contribution < 1.29 is 17.9 Å². The highest BCUT2D eigenvalue weighted by atomic mass is 35.7. The third-order valence-electron chi connectivity index (χ3n) is 4.17. The lowest BCUT2D eigenvalue weighted by Crippen LogP contribution is -2.48. The lowest BCUT2D eigenvalue weighted by Gasteiger charge is -2.46. The van der Waals surface area contributed by atoms with Crippen molar-refractivity contribution in [1.29, 1.82) is 0 Å². The first-order chi connectivity index (χ1) is 9.88. The first-order valence-corrected chi connectivity index (χ1v) is 9.62. The van der Waals surface area contributed by atoms with Crippen molar-refractivity contribution in [1.82, 2.24) is 0 Å². The third kappa shape index (κ3) is 3.31. The van der Waals surface area contributed by atoms with Gasteiger partial charge in [-0.2, -0.15) is 0 Å². The zero-order valence-electron chi connectivity index (χ0n) is 11.3. The Morgan fingerprint density at radius 1 is 1.33 bits per heavy atom. The van der Waals surface area contributed by atoms with E-state index in [4.69, 9.17) is 31.8 Å². The molecule has 2 aliphatic rings. The number of halogens is 2. The van der Waals surface area contributed by atoms with Gasteiger partial charge in [-0.25, -0.2) is 8.42 Å². The molecule has 1 atom stereocenters. The second-order valence-electron chi connectivity index (χ2n) is 5.65. The number of rotatable bonds is 3. The maximum atomic E-state index is 11.6. The normalized spacial score (nSPS) is 24.6. The molecule has 1 aromatic carbocycles. The molecular weight excluding hydrogens is 335 g/mol. The van der Waals surface area contributed by atoms with Gasteiger partial charge in [-0.05, 0) is 37.5 Å². The lowest BCUT2D eigenvalue weighted by atomic mass is 9.74. The van der Waals surface area contributed by atoms with Gasteiger partial charge in [0, 0.05) is 28.5 Å². The van der Waals surface area contributed by atoms with Gasteiger partial charge in [0.1, 0.15) is 16.7 Å². The molecule has 1 saturated heterocycles. The minimum atomic E-state index is -3.90. The molecule has 116 valence electrons. The van der Waals surface area contributed by atoms with Gasteiger partial charge in [0.25, 0.3) is 9.05 Å². The monoisotopic (exact) mass is 350 g/mol. The van der Waals surface area contributed by atoms with Gasteiger partial charge >= 0.3 is 0 Å². The van der Waals surface area contributed by atoms with E-state index in [2.05, 4.69) is 0 Å². The Balaban J connectivity index is 1.81. The van der Waals surface area contributed by atoms with E-state index in [1.807, 2.05) is 0 Å². The molecule has 0 bridgehead atoms. The summed E-state index contributed by atoms with van der Waals surface area (Å²) in [5.74, 6) is 0.260. The molecule has 0 N–H and O–H groups in total. The number of ether oxygens (including phenoxy) is 2.